The van der Waals surface area contributed by atoms with E-state index in [1.807, 2.05) is 0 Å². The van der Waals surface area contributed by atoms with E-state index in [0.717, 1.165) is 0 Å². The van der Waals surface area contributed by atoms with Crippen molar-refractivity contribution in [3.63, 3.8) is 0 Å². The third-order valence-electron chi connectivity index (χ3n) is 4.83. The molecule has 150 valence electrons. The summed E-state index contributed by atoms with van der Waals surface area (Å²) in [5, 5.41) is 39.1. The highest BCUT2D eigenvalue weighted by Gasteiger charge is 2.26. The molecule has 2 N–H and O–H groups in total. The highest BCUT2D eigenvalue weighted by molar-refractivity contribution is 5.48. The Labute approximate surface area is 170 Å². The molecule has 1 aromatic carbocycles. The molecule has 0 fully saturated rings. The van der Waals surface area contributed by atoms with Crippen molar-refractivity contribution in [2.75, 3.05) is 0 Å². The highest BCUT2D eigenvalue weighted by atomic mass is 16.3. The van der Waals surface area contributed by atoms with Gasteiger partial charge in [0.25, 0.3) is 0 Å². The molecule has 0 unspecified atom stereocenters. The number of benzene rings is 1. The van der Waals surface area contributed by atoms with Crippen LogP contribution in [0.4, 0.5) is 0 Å². The average Bonchev–Trinajstić information content (AvgIpc) is 3.56. The molecule has 5 aromatic rings. The number of aromatic hydroxyl groups is 2. The Hall–Kier alpha value is -4.34. The topological polar surface area (TPSA) is 112 Å². The van der Waals surface area contributed by atoms with E-state index in [0.29, 0.717) is 11.1 Å². The van der Waals surface area contributed by atoms with Crippen LogP contribution in [0.2, 0.25) is 0 Å². The maximum absolute atomic E-state index is 11.0. The third-order valence-corrected chi connectivity index (χ3v) is 4.83. The summed E-state index contributed by atoms with van der Waals surface area (Å²) in [6, 6.07) is 10.2. The first-order valence-corrected chi connectivity index (χ1v) is 9.24. The Balaban J connectivity index is 1.65. The van der Waals surface area contributed by atoms with Crippen molar-refractivity contribution in [2.24, 2.45) is 0 Å². The minimum atomic E-state index is -0.567. The summed E-state index contributed by atoms with van der Waals surface area (Å²) in [6.07, 6.45) is 12.5. The van der Waals surface area contributed by atoms with Crippen LogP contribution in [-0.2, 0) is 0 Å². The zero-order valence-corrected chi connectivity index (χ0v) is 15.7. The van der Waals surface area contributed by atoms with E-state index in [1.54, 1.807) is 92.6 Å². The Morgan fingerprint density at radius 1 is 0.533 bits per heavy atom. The average molecular weight is 402 g/mol. The van der Waals surface area contributed by atoms with Gasteiger partial charge in [0.2, 0.25) is 0 Å². The summed E-state index contributed by atoms with van der Waals surface area (Å²) in [6.45, 7) is 0. The molecule has 5 rings (SSSR count). The molecule has 0 radical (unpaired) electrons. The molecule has 30 heavy (non-hydrogen) atoms. The van der Waals surface area contributed by atoms with Crippen LogP contribution in [0.15, 0.2) is 86.0 Å². The van der Waals surface area contributed by atoms with Crippen molar-refractivity contribution in [1.29, 1.82) is 0 Å². The van der Waals surface area contributed by atoms with Crippen LogP contribution >= 0.6 is 0 Å². The molecule has 10 nitrogen and oxygen atoms in total. The van der Waals surface area contributed by atoms with E-state index in [4.69, 9.17) is 0 Å². The van der Waals surface area contributed by atoms with Crippen LogP contribution in [-0.4, -0.2) is 49.3 Å². The highest BCUT2D eigenvalue weighted by Crippen LogP contribution is 2.37. The molecule has 0 saturated carbocycles. The number of hydrogen-bond acceptors (Lipinski definition) is 6. The standard InChI is InChI=1S/C20H18N8O2/c29-17-14-16(20(27-11-3-7-23-27)28-12-4-8-24-28)18(30)13-15(17)19(25-9-1-5-21-25)26-10-2-6-22-26/h1-14,19-20,29-30H. The predicted molar refractivity (Wildman–Crippen MR) is 106 cm³/mol. The summed E-state index contributed by atoms with van der Waals surface area (Å²) in [7, 11) is 0. The van der Waals surface area contributed by atoms with Crippen LogP contribution in [0.5, 0.6) is 11.5 Å². The molecular weight excluding hydrogens is 384 g/mol. The largest absolute Gasteiger partial charge is 0.507 e. The van der Waals surface area contributed by atoms with E-state index in [1.165, 1.54) is 12.1 Å². The molecular formula is C20H18N8O2. The second-order valence-corrected chi connectivity index (χ2v) is 6.66. The summed E-state index contributed by atoms with van der Waals surface area (Å²) < 4.78 is 6.61. The summed E-state index contributed by atoms with van der Waals surface area (Å²) in [5.41, 5.74) is 0.895. The van der Waals surface area contributed by atoms with Crippen molar-refractivity contribution in [1.82, 2.24) is 39.1 Å². The first-order valence-electron chi connectivity index (χ1n) is 9.24. The van der Waals surface area contributed by atoms with Crippen LogP contribution in [0.1, 0.15) is 23.5 Å². The molecule has 0 aliphatic heterocycles. The predicted octanol–water partition coefficient (Wildman–Crippen LogP) is 2.07. The SMILES string of the molecule is Oc1cc(C(n2cccn2)n2cccn2)c(O)cc1C(n1cccn1)n1cccn1. The normalized spacial score (nSPS) is 11.5. The van der Waals surface area contributed by atoms with Gasteiger partial charge in [-0.05, 0) is 36.4 Å². The van der Waals surface area contributed by atoms with Gasteiger partial charge in [-0.15, -0.1) is 0 Å². The first kappa shape index (κ1) is 17.7. The van der Waals surface area contributed by atoms with Gasteiger partial charge in [-0.2, -0.15) is 20.4 Å². The molecule has 4 aromatic heterocycles. The fourth-order valence-electron chi connectivity index (χ4n) is 3.54. The van der Waals surface area contributed by atoms with E-state index in [-0.39, 0.29) is 11.5 Å². The summed E-state index contributed by atoms with van der Waals surface area (Å²) >= 11 is 0. The van der Waals surface area contributed by atoms with Crippen LogP contribution < -0.4 is 0 Å². The van der Waals surface area contributed by atoms with Gasteiger partial charge in [-0.1, -0.05) is 0 Å². The van der Waals surface area contributed by atoms with Crippen LogP contribution in [0, 0.1) is 0 Å². The Morgan fingerprint density at radius 3 is 1.07 bits per heavy atom. The van der Waals surface area contributed by atoms with E-state index >= 15 is 0 Å². The number of aromatic nitrogens is 8. The fourth-order valence-corrected chi connectivity index (χ4v) is 3.54. The van der Waals surface area contributed by atoms with E-state index in [2.05, 4.69) is 20.4 Å². The third kappa shape index (κ3) is 3.00. The molecule has 0 saturated heterocycles. The fraction of sp³-hybridized carbons (Fsp3) is 0.100. The molecule has 0 aliphatic rings. The monoisotopic (exact) mass is 402 g/mol. The number of rotatable bonds is 6. The quantitative estimate of drug-likeness (QED) is 0.421. The van der Waals surface area contributed by atoms with Gasteiger partial charge in [0.15, 0.2) is 12.3 Å². The lowest BCUT2D eigenvalue weighted by Crippen LogP contribution is -2.22. The molecule has 10 heteroatoms. The minimum absolute atomic E-state index is 0.0110. The van der Waals surface area contributed by atoms with Gasteiger partial charge in [-0.3, -0.25) is 0 Å². The van der Waals surface area contributed by atoms with Crippen LogP contribution in [0.3, 0.4) is 0 Å². The van der Waals surface area contributed by atoms with Gasteiger partial charge in [0, 0.05) is 60.7 Å². The Bertz CT molecular complexity index is 1050. The smallest absolute Gasteiger partial charge is 0.172 e. The van der Waals surface area contributed by atoms with Crippen molar-refractivity contribution >= 4 is 0 Å². The van der Waals surface area contributed by atoms with Gasteiger partial charge >= 0.3 is 0 Å². The van der Waals surface area contributed by atoms with Crippen molar-refractivity contribution in [3.8, 4) is 11.5 Å². The van der Waals surface area contributed by atoms with Gasteiger partial charge in [-0.25, -0.2) is 18.7 Å². The summed E-state index contributed by atoms with van der Waals surface area (Å²) in [4.78, 5) is 0. The van der Waals surface area contributed by atoms with Gasteiger partial charge in [0.1, 0.15) is 11.5 Å². The van der Waals surface area contributed by atoms with Crippen molar-refractivity contribution in [2.45, 2.75) is 12.3 Å². The molecule has 0 bridgehead atoms. The number of nitrogens with zero attached hydrogens (tertiary/aromatic N) is 8. The van der Waals surface area contributed by atoms with E-state index in [9.17, 15) is 10.2 Å². The van der Waals surface area contributed by atoms with E-state index < -0.39 is 12.3 Å². The lowest BCUT2D eigenvalue weighted by Gasteiger charge is -2.24. The zero-order chi connectivity index (χ0) is 20.5. The second kappa shape index (κ2) is 7.24. The number of phenols is 2. The lowest BCUT2D eigenvalue weighted by atomic mass is 10.0. The minimum Gasteiger partial charge on any atom is -0.507 e. The van der Waals surface area contributed by atoms with Gasteiger partial charge < -0.3 is 10.2 Å². The molecule has 4 heterocycles. The van der Waals surface area contributed by atoms with Gasteiger partial charge in [0.05, 0.1) is 0 Å². The number of hydrogen-bond donors (Lipinski definition) is 2. The van der Waals surface area contributed by atoms with Crippen LogP contribution in [0.25, 0.3) is 0 Å². The Morgan fingerprint density at radius 2 is 0.833 bits per heavy atom. The first-order chi connectivity index (χ1) is 14.7. The summed E-state index contributed by atoms with van der Waals surface area (Å²) in [5.74, 6) is -0.0220. The van der Waals surface area contributed by atoms with Crippen molar-refractivity contribution < 1.29 is 10.2 Å². The molecule has 0 aliphatic carbocycles. The van der Waals surface area contributed by atoms with Crippen molar-refractivity contribution in [3.05, 3.63) is 97.1 Å². The Kier molecular flexibility index (Phi) is 4.28. The maximum atomic E-state index is 11.0. The number of phenolic OH excluding ortho intramolecular Hbond substituents is 2. The zero-order valence-electron chi connectivity index (χ0n) is 15.7. The maximum Gasteiger partial charge on any atom is 0.172 e. The molecule has 0 spiro atoms. The molecule has 0 atom stereocenters. The second-order valence-electron chi connectivity index (χ2n) is 6.66. The molecule has 0 amide bonds. The lowest BCUT2D eigenvalue weighted by molar-refractivity contribution is 0.371.